The Labute approximate surface area is 177 Å². The highest BCUT2D eigenvalue weighted by molar-refractivity contribution is 7.92. The van der Waals surface area contributed by atoms with Crippen LogP contribution in [0.25, 0.3) is 0 Å². The first-order valence-corrected chi connectivity index (χ1v) is 13.8. The molecule has 0 radical (unpaired) electrons. The Morgan fingerprint density at radius 2 is 1.70 bits per heavy atom. The largest absolute Gasteiger partial charge is 0.270 e. The van der Waals surface area contributed by atoms with Crippen LogP contribution in [0.1, 0.15) is 24.0 Å². The van der Waals surface area contributed by atoms with Crippen molar-refractivity contribution in [2.75, 3.05) is 16.6 Å². The summed E-state index contributed by atoms with van der Waals surface area (Å²) in [6, 6.07) is 10.1. The lowest BCUT2D eigenvalue weighted by atomic mass is 10.2. The monoisotopic (exact) mass is 473 g/mol. The lowest BCUT2D eigenvalue weighted by molar-refractivity contribution is 0.573. The van der Waals surface area contributed by atoms with E-state index in [9.17, 15) is 25.3 Å². The van der Waals surface area contributed by atoms with E-state index < -0.39 is 30.1 Å². The smallest absolute Gasteiger partial charge is 0.241 e. The van der Waals surface area contributed by atoms with Crippen molar-refractivity contribution in [3.05, 3.63) is 53.6 Å². The van der Waals surface area contributed by atoms with Gasteiger partial charge in [0.1, 0.15) is 0 Å². The van der Waals surface area contributed by atoms with Gasteiger partial charge in [-0.05, 0) is 55.2 Å². The average Bonchev–Trinajstić information content (AvgIpc) is 2.66. The maximum atomic E-state index is 12.9. The number of hydrogen-bond donors (Lipinski definition) is 2. The molecule has 1 aliphatic heterocycles. The number of hydrogen-bond acceptors (Lipinski definition) is 6. The third-order valence-corrected chi connectivity index (χ3v) is 9.16. The van der Waals surface area contributed by atoms with Gasteiger partial charge in [0, 0.05) is 13.1 Å². The minimum atomic E-state index is -3.94. The van der Waals surface area contributed by atoms with Crippen molar-refractivity contribution in [1.29, 1.82) is 0 Å². The molecule has 0 spiro atoms. The third-order valence-electron chi connectivity index (χ3n) is 4.82. The van der Waals surface area contributed by atoms with Crippen molar-refractivity contribution in [3.8, 4) is 0 Å². The van der Waals surface area contributed by atoms with Crippen LogP contribution in [0.5, 0.6) is 0 Å². The number of anilines is 1. The summed E-state index contributed by atoms with van der Waals surface area (Å²) in [6.45, 7) is 1.87. The summed E-state index contributed by atoms with van der Waals surface area (Å²) >= 11 is 0. The lowest BCUT2D eigenvalue weighted by Gasteiger charge is -2.28. The Balaban J connectivity index is 1.83. The van der Waals surface area contributed by atoms with Gasteiger partial charge in [0.05, 0.1) is 21.2 Å². The van der Waals surface area contributed by atoms with Crippen LogP contribution in [0.4, 0.5) is 5.69 Å². The normalized spacial score (nSPS) is 17.1. The molecule has 1 fully saturated rings. The molecular weight excluding hydrogens is 450 g/mol. The standard InChI is InChI=1S/C18H23N3O6S3/c1-14-4-7-16(21-10-2-3-11-28(21,22)23)12-18(14)30(26,27)20-13-15-5-8-17(9-6-15)29(19,24)25/h4-9,12,20H,2-3,10-11,13H2,1H3,(H2,19,24,25). The molecule has 1 saturated heterocycles. The summed E-state index contributed by atoms with van der Waals surface area (Å²) < 4.78 is 76.7. The maximum absolute atomic E-state index is 12.9. The van der Waals surface area contributed by atoms with E-state index in [0.29, 0.717) is 36.2 Å². The maximum Gasteiger partial charge on any atom is 0.241 e. The topological polar surface area (TPSA) is 144 Å². The first kappa shape index (κ1) is 22.7. The van der Waals surface area contributed by atoms with Gasteiger partial charge >= 0.3 is 0 Å². The molecule has 0 bridgehead atoms. The second-order valence-electron chi connectivity index (χ2n) is 7.06. The van der Waals surface area contributed by atoms with Crippen LogP contribution in [0.2, 0.25) is 0 Å². The molecule has 0 saturated carbocycles. The quantitative estimate of drug-likeness (QED) is 0.642. The van der Waals surface area contributed by atoms with Gasteiger partial charge in [-0.15, -0.1) is 0 Å². The van der Waals surface area contributed by atoms with Gasteiger partial charge in [0.25, 0.3) is 0 Å². The first-order valence-electron chi connectivity index (χ1n) is 9.13. The van der Waals surface area contributed by atoms with Crippen molar-refractivity contribution >= 4 is 35.8 Å². The Hall–Kier alpha value is -1.99. The molecule has 0 unspecified atom stereocenters. The zero-order chi connectivity index (χ0) is 22.2. The van der Waals surface area contributed by atoms with Crippen molar-refractivity contribution in [3.63, 3.8) is 0 Å². The number of benzene rings is 2. The highest BCUT2D eigenvalue weighted by atomic mass is 32.2. The van der Waals surface area contributed by atoms with Crippen LogP contribution in [0.3, 0.4) is 0 Å². The zero-order valence-electron chi connectivity index (χ0n) is 16.3. The van der Waals surface area contributed by atoms with Gasteiger partial charge in [-0.2, -0.15) is 0 Å². The number of nitrogens with one attached hydrogen (secondary N) is 1. The van der Waals surface area contributed by atoms with E-state index in [0.717, 1.165) is 0 Å². The molecule has 2 aromatic carbocycles. The van der Waals surface area contributed by atoms with Crippen LogP contribution in [0, 0.1) is 6.92 Å². The van der Waals surface area contributed by atoms with E-state index in [1.54, 1.807) is 19.1 Å². The van der Waals surface area contributed by atoms with Gasteiger partial charge in [-0.25, -0.2) is 35.1 Å². The van der Waals surface area contributed by atoms with Crippen LogP contribution in [0.15, 0.2) is 52.3 Å². The van der Waals surface area contributed by atoms with Gasteiger partial charge < -0.3 is 0 Å². The predicted octanol–water partition coefficient (Wildman–Crippen LogP) is 1.05. The van der Waals surface area contributed by atoms with E-state index in [1.807, 2.05) is 0 Å². The Morgan fingerprint density at radius 3 is 2.30 bits per heavy atom. The minimum Gasteiger partial charge on any atom is -0.270 e. The summed E-state index contributed by atoms with van der Waals surface area (Å²) in [5.41, 5.74) is 1.34. The molecule has 1 aliphatic rings. The second kappa shape index (κ2) is 8.27. The molecule has 30 heavy (non-hydrogen) atoms. The molecule has 0 amide bonds. The highest BCUT2D eigenvalue weighted by Gasteiger charge is 2.27. The van der Waals surface area contributed by atoms with Gasteiger partial charge in [0.15, 0.2) is 0 Å². The summed E-state index contributed by atoms with van der Waals surface area (Å²) in [5.74, 6) is 0.0374. The Bertz CT molecular complexity index is 1250. The molecule has 0 aromatic heterocycles. The van der Waals surface area contributed by atoms with Crippen molar-refractivity contribution < 1.29 is 25.3 Å². The van der Waals surface area contributed by atoms with Crippen molar-refractivity contribution in [2.24, 2.45) is 5.14 Å². The molecule has 3 rings (SSSR count). The summed E-state index contributed by atoms with van der Waals surface area (Å²) in [7, 11) is -11.2. The van der Waals surface area contributed by atoms with E-state index in [2.05, 4.69) is 4.72 Å². The Morgan fingerprint density at radius 1 is 1.03 bits per heavy atom. The molecule has 3 N–H and O–H groups in total. The van der Waals surface area contributed by atoms with Crippen molar-refractivity contribution in [1.82, 2.24) is 4.72 Å². The molecule has 1 heterocycles. The number of nitrogens with zero attached hydrogens (tertiary/aromatic N) is 1. The van der Waals surface area contributed by atoms with E-state index in [4.69, 9.17) is 5.14 Å². The number of aryl methyl sites for hydroxylation is 1. The lowest BCUT2D eigenvalue weighted by Crippen LogP contribution is -2.38. The molecule has 0 atom stereocenters. The number of nitrogens with two attached hydrogens (primary N) is 1. The Kier molecular flexibility index (Phi) is 6.25. The van der Waals surface area contributed by atoms with Crippen LogP contribution < -0.4 is 14.2 Å². The number of sulfonamides is 3. The van der Waals surface area contributed by atoms with Gasteiger partial charge in [-0.1, -0.05) is 18.2 Å². The molecule has 12 heteroatoms. The summed E-state index contributed by atoms with van der Waals surface area (Å²) in [6.07, 6.45) is 1.30. The van der Waals surface area contributed by atoms with Crippen LogP contribution in [-0.4, -0.2) is 37.6 Å². The molecule has 0 aliphatic carbocycles. The fourth-order valence-electron chi connectivity index (χ4n) is 3.17. The zero-order valence-corrected chi connectivity index (χ0v) is 18.7. The fraction of sp³-hybridized carbons (Fsp3) is 0.333. The SMILES string of the molecule is Cc1ccc(N2CCCCS2(=O)=O)cc1S(=O)(=O)NCc1ccc(S(N)(=O)=O)cc1. The molecule has 164 valence electrons. The molecule has 9 nitrogen and oxygen atoms in total. The average molecular weight is 474 g/mol. The minimum absolute atomic E-state index is 0.0121. The van der Waals surface area contributed by atoms with Crippen molar-refractivity contribution in [2.45, 2.75) is 36.1 Å². The molecular formula is C18H23N3O6S3. The first-order chi connectivity index (χ1) is 13.9. The highest BCUT2D eigenvalue weighted by Crippen LogP contribution is 2.28. The summed E-state index contributed by atoms with van der Waals surface area (Å²) in [5, 5.41) is 5.05. The molecule has 2 aromatic rings. The van der Waals surface area contributed by atoms with Gasteiger partial charge in [-0.3, -0.25) is 4.31 Å². The second-order valence-corrected chi connectivity index (χ2v) is 12.4. The summed E-state index contributed by atoms with van der Waals surface area (Å²) in [4.78, 5) is -0.0812. The van der Waals surface area contributed by atoms with Gasteiger partial charge in [0.2, 0.25) is 30.1 Å². The van der Waals surface area contributed by atoms with Crippen LogP contribution >= 0.6 is 0 Å². The fourth-order valence-corrected chi connectivity index (χ4v) is 6.59. The van der Waals surface area contributed by atoms with E-state index >= 15 is 0 Å². The van der Waals surface area contributed by atoms with Crippen LogP contribution in [-0.2, 0) is 36.6 Å². The van der Waals surface area contributed by atoms with E-state index in [1.165, 1.54) is 34.6 Å². The van der Waals surface area contributed by atoms with E-state index in [-0.39, 0.29) is 22.1 Å². The third kappa shape index (κ3) is 5.01. The number of rotatable bonds is 6. The number of primary sulfonamides is 1. The predicted molar refractivity (Wildman–Crippen MR) is 113 cm³/mol.